The molecule has 0 unspecified atom stereocenters. The van der Waals surface area contributed by atoms with Crippen LogP contribution in [0.2, 0.25) is 5.15 Å². The predicted octanol–water partition coefficient (Wildman–Crippen LogP) is 2.64. The molecule has 27 heavy (non-hydrogen) atoms. The number of carbonyl (C=O) groups is 1. The molecule has 1 saturated heterocycles. The van der Waals surface area contributed by atoms with Crippen LogP contribution in [0.15, 0.2) is 36.5 Å². The summed E-state index contributed by atoms with van der Waals surface area (Å²) in [5, 5.41) is 3.06. The smallest absolute Gasteiger partial charge is 0.238 e. The highest BCUT2D eigenvalue weighted by Crippen LogP contribution is 2.22. The minimum atomic E-state index is -0.268. The van der Waals surface area contributed by atoms with E-state index >= 15 is 0 Å². The van der Waals surface area contributed by atoms with E-state index in [-0.39, 0.29) is 16.9 Å². The van der Waals surface area contributed by atoms with Crippen LogP contribution in [0.4, 0.5) is 10.1 Å². The molecule has 1 aliphatic heterocycles. The first-order valence-electron chi connectivity index (χ1n) is 8.72. The number of hydrogen-bond donors (Lipinski definition) is 1. The van der Waals surface area contributed by atoms with Gasteiger partial charge in [-0.15, -0.1) is 0 Å². The number of methoxy groups -OCH3 is 1. The van der Waals surface area contributed by atoms with Crippen LogP contribution in [0.25, 0.3) is 0 Å². The topological polar surface area (TPSA) is 57.7 Å². The Morgan fingerprint density at radius 1 is 1.26 bits per heavy atom. The largest absolute Gasteiger partial charge is 0.496 e. The quantitative estimate of drug-likeness (QED) is 0.766. The van der Waals surface area contributed by atoms with E-state index in [0.717, 1.165) is 31.7 Å². The van der Waals surface area contributed by atoms with Gasteiger partial charge in [0.1, 0.15) is 11.6 Å². The van der Waals surface area contributed by atoms with Gasteiger partial charge in [-0.3, -0.25) is 14.6 Å². The highest BCUT2D eigenvalue weighted by atomic mass is 35.5. The number of ether oxygens (including phenoxy) is 1. The molecular formula is C19H22ClFN4O2. The minimum absolute atomic E-state index is 0.120. The fraction of sp³-hybridized carbons (Fsp3) is 0.368. The average molecular weight is 393 g/mol. The van der Waals surface area contributed by atoms with Crippen molar-refractivity contribution in [2.24, 2.45) is 0 Å². The van der Waals surface area contributed by atoms with Crippen LogP contribution in [0.3, 0.4) is 0 Å². The zero-order valence-electron chi connectivity index (χ0n) is 15.1. The number of nitrogens with zero attached hydrogens (tertiary/aromatic N) is 3. The first-order chi connectivity index (χ1) is 13.0. The number of halogens is 2. The number of pyridine rings is 1. The van der Waals surface area contributed by atoms with Crippen LogP contribution in [0.5, 0.6) is 5.75 Å². The second-order valence-corrected chi connectivity index (χ2v) is 6.76. The lowest BCUT2D eigenvalue weighted by atomic mass is 10.1. The molecule has 0 atom stereocenters. The van der Waals surface area contributed by atoms with Gasteiger partial charge in [-0.05, 0) is 30.3 Å². The number of rotatable bonds is 6. The van der Waals surface area contributed by atoms with Crippen LogP contribution in [-0.4, -0.2) is 60.5 Å². The summed E-state index contributed by atoms with van der Waals surface area (Å²) in [6.45, 7) is 4.01. The average Bonchev–Trinajstić information content (AvgIpc) is 2.65. The fourth-order valence-electron chi connectivity index (χ4n) is 3.09. The Morgan fingerprint density at radius 2 is 2.00 bits per heavy atom. The van der Waals surface area contributed by atoms with Crippen LogP contribution >= 0.6 is 11.6 Å². The Bertz CT molecular complexity index is 797. The summed E-state index contributed by atoms with van der Waals surface area (Å²) in [6, 6.07) is 8.00. The van der Waals surface area contributed by atoms with Gasteiger partial charge in [0, 0.05) is 44.5 Å². The Morgan fingerprint density at radius 3 is 2.70 bits per heavy atom. The van der Waals surface area contributed by atoms with E-state index in [1.807, 2.05) is 0 Å². The number of hydrogen-bond acceptors (Lipinski definition) is 5. The summed E-state index contributed by atoms with van der Waals surface area (Å²) < 4.78 is 18.8. The van der Waals surface area contributed by atoms with Gasteiger partial charge >= 0.3 is 0 Å². The van der Waals surface area contributed by atoms with Crippen molar-refractivity contribution >= 4 is 23.2 Å². The van der Waals surface area contributed by atoms with Gasteiger partial charge in [0.15, 0.2) is 5.15 Å². The Hall–Kier alpha value is -2.22. The molecule has 2 heterocycles. The molecule has 0 bridgehead atoms. The molecule has 1 N–H and O–H groups in total. The SMILES string of the molecule is COc1ccc(F)cc1CN1CCN(CC(=O)Nc2cccnc2Cl)CC1. The van der Waals surface area contributed by atoms with E-state index in [2.05, 4.69) is 20.1 Å². The van der Waals surface area contributed by atoms with Crippen molar-refractivity contribution in [2.45, 2.75) is 6.54 Å². The van der Waals surface area contributed by atoms with E-state index in [0.29, 0.717) is 24.5 Å². The Kier molecular flexibility index (Phi) is 6.60. The number of amides is 1. The van der Waals surface area contributed by atoms with Gasteiger partial charge < -0.3 is 10.1 Å². The Balaban J connectivity index is 1.48. The highest BCUT2D eigenvalue weighted by Gasteiger charge is 2.20. The lowest BCUT2D eigenvalue weighted by molar-refractivity contribution is -0.117. The molecule has 0 spiro atoms. The number of benzene rings is 1. The fourth-order valence-corrected chi connectivity index (χ4v) is 3.26. The molecular weight excluding hydrogens is 371 g/mol. The molecule has 2 aromatic rings. The maximum absolute atomic E-state index is 13.5. The van der Waals surface area contributed by atoms with Crippen molar-refractivity contribution in [2.75, 3.05) is 45.2 Å². The van der Waals surface area contributed by atoms with Crippen molar-refractivity contribution < 1.29 is 13.9 Å². The standard InChI is InChI=1S/C19H22ClFN4O2/c1-27-17-5-4-15(21)11-14(17)12-24-7-9-25(10-8-24)13-18(26)23-16-3-2-6-22-19(16)20/h2-6,11H,7-10,12-13H2,1H3,(H,23,26). The molecule has 8 heteroatoms. The molecule has 0 radical (unpaired) electrons. The summed E-state index contributed by atoms with van der Waals surface area (Å²) >= 11 is 5.96. The normalized spacial score (nSPS) is 15.5. The predicted molar refractivity (Wildman–Crippen MR) is 103 cm³/mol. The number of anilines is 1. The highest BCUT2D eigenvalue weighted by molar-refractivity contribution is 6.32. The van der Waals surface area contributed by atoms with Crippen molar-refractivity contribution in [1.29, 1.82) is 0 Å². The summed E-state index contributed by atoms with van der Waals surface area (Å²) in [5.41, 5.74) is 1.34. The van der Waals surface area contributed by atoms with Gasteiger partial charge in [-0.25, -0.2) is 9.37 Å². The van der Waals surface area contributed by atoms with Gasteiger partial charge in [-0.1, -0.05) is 11.6 Å². The number of piperazine rings is 1. The van der Waals surface area contributed by atoms with E-state index in [1.54, 1.807) is 31.5 Å². The number of nitrogens with one attached hydrogen (secondary N) is 1. The van der Waals surface area contributed by atoms with Crippen molar-refractivity contribution in [3.63, 3.8) is 0 Å². The van der Waals surface area contributed by atoms with Crippen LogP contribution in [-0.2, 0) is 11.3 Å². The molecule has 144 valence electrons. The first kappa shape index (κ1) is 19.5. The van der Waals surface area contributed by atoms with E-state index in [1.165, 1.54) is 12.1 Å². The maximum atomic E-state index is 13.5. The third-order valence-electron chi connectivity index (χ3n) is 4.50. The molecule has 1 aliphatic rings. The van der Waals surface area contributed by atoms with E-state index in [4.69, 9.17) is 16.3 Å². The van der Waals surface area contributed by atoms with Crippen LogP contribution in [0, 0.1) is 5.82 Å². The monoisotopic (exact) mass is 392 g/mol. The zero-order valence-corrected chi connectivity index (χ0v) is 15.9. The summed E-state index contributed by atoms with van der Waals surface area (Å²) in [7, 11) is 1.59. The lowest BCUT2D eigenvalue weighted by Gasteiger charge is -2.34. The minimum Gasteiger partial charge on any atom is -0.496 e. The van der Waals surface area contributed by atoms with Crippen molar-refractivity contribution in [3.05, 3.63) is 53.1 Å². The van der Waals surface area contributed by atoms with Crippen molar-refractivity contribution in [1.82, 2.24) is 14.8 Å². The van der Waals surface area contributed by atoms with Gasteiger partial charge in [-0.2, -0.15) is 0 Å². The van der Waals surface area contributed by atoms with E-state index < -0.39 is 0 Å². The third kappa shape index (κ3) is 5.38. The molecule has 1 amide bonds. The molecule has 0 saturated carbocycles. The number of carbonyl (C=O) groups excluding carboxylic acids is 1. The Labute approximate surface area is 162 Å². The second-order valence-electron chi connectivity index (χ2n) is 6.40. The molecule has 6 nitrogen and oxygen atoms in total. The summed E-state index contributed by atoms with van der Waals surface area (Å²) in [6.07, 6.45) is 1.57. The summed E-state index contributed by atoms with van der Waals surface area (Å²) in [4.78, 5) is 20.5. The van der Waals surface area contributed by atoms with Gasteiger partial charge in [0.25, 0.3) is 0 Å². The van der Waals surface area contributed by atoms with Crippen LogP contribution in [0.1, 0.15) is 5.56 Å². The molecule has 3 rings (SSSR count). The van der Waals surface area contributed by atoms with Gasteiger partial charge in [0.05, 0.1) is 19.3 Å². The molecule has 1 aromatic carbocycles. The second kappa shape index (κ2) is 9.12. The molecule has 0 aliphatic carbocycles. The summed E-state index contributed by atoms with van der Waals surface area (Å²) in [5.74, 6) is 0.298. The molecule has 1 fully saturated rings. The number of aromatic nitrogens is 1. The molecule has 1 aromatic heterocycles. The third-order valence-corrected chi connectivity index (χ3v) is 4.80. The lowest BCUT2D eigenvalue weighted by Crippen LogP contribution is -2.48. The van der Waals surface area contributed by atoms with Gasteiger partial charge in [0.2, 0.25) is 5.91 Å². The first-order valence-corrected chi connectivity index (χ1v) is 9.10. The van der Waals surface area contributed by atoms with Crippen LogP contribution < -0.4 is 10.1 Å². The zero-order chi connectivity index (χ0) is 19.2. The maximum Gasteiger partial charge on any atom is 0.238 e. The van der Waals surface area contributed by atoms with Crippen molar-refractivity contribution in [3.8, 4) is 5.75 Å². The van der Waals surface area contributed by atoms with E-state index in [9.17, 15) is 9.18 Å².